The highest BCUT2D eigenvalue weighted by molar-refractivity contribution is 5.41. The zero-order valence-electron chi connectivity index (χ0n) is 21.3. The van der Waals surface area contributed by atoms with E-state index in [1.54, 1.807) is 0 Å². The van der Waals surface area contributed by atoms with Gasteiger partial charge in [-0.25, -0.2) is 0 Å². The summed E-state index contributed by atoms with van der Waals surface area (Å²) in [6.45, 7) is 5.08. The average molecular weight is 509 g/mol. The molecule has 0 saturated carbocycles. The van der Waals surface area contributed by atoms with Crippen molar-refractivity contribution in [3.05, 3.63) is 83.6 Å². The van der Waals surface area contributed by atoms with Crippen LogP contribution in [0, 0.1) is 5.92 Å². The van der Waals surface area contributed by atoms with Crippen molar-refractivity contribution in [1.29, 1.82) is 0 Å². The lowest BCUT2D eigenvalue weighted by Gasteiger charge is -2.30. The fourth-order valence-electron chi connectivity index (χ4n) is 4.49. The van der Waals surface area contributed by atoms with Crippen LogP contribution in [0.4, 0.5) is 0 Å². The Morgan fingerprint density at radius 2 is 1.62 bits per heavy atom. The number of allylic oxidation sites excluding steroid dienone is 3. The summed E-state index contributed by atoms with van der Waals surface area (Å²) in [6, 6.07) is 16.5. The topological polar surface area (TPSA) is 78.9 Å². The van der Waals surface area contributed by atoms with Crippen LogP contribution in [0.2, 0.25) is 0 Å². The molecule has 2 heterocycles. The Balaban J connectivity index is 1.28. The Hall–Kier alpha value is -2.84. The fourth-order valence-corrected chi connectivity index (χ4v) is 4.49. The van der Waals surface area contributed by atoms with E-state index in [2.05, 4.69) is 42.5 Å². The molecule has 5 unspecified atom stereocenters. The van der Waals surface area contributed by atoms with E-state index in [0.717, 1.165) is 43.3 Å². The SMILES string of the molecule is CCOCC(O)COc1ccc(C(c2ccc(OCC3CO3)cc2)C2C=CC(OC3CCO3)=CC2)cc1. The number of epoxide rings is 1. The summed E-state index contributed by atoms with van der Waals surface area (Å²) in [4.78, 5) is 0. The van der Waals surface area contributed by atoms with Crippen molar-refractivity contribution in [2.75, 3.05) is 39.6 Å². The van der Waals surface area contributed by atoms with E-state index >= 15 is 0 Å². The van der Waals surface area contributed by atoms with Crippen molar-refractivity contribution in [3.63, 3.8) is 0 Å². The first-order valence-electron chi connectivity index (χ1n) is 13.2. The van der Waals surface area contributed by atoms with Gasteiger partial charge in [-0.1, -0.05) is 30.3 Å². The van der Waals surface area contributed by atoms with Gasteiger partial charge in [-0.15, -0.1) is 0 Å². The molecule has 0 radical (unpaired) electrons. The highest BCUT2D eigenvalue weighted by Crippen LogP contribution is 2.39. The molecule has 198 valence electrons. The maximum atomic E-state index is 9.99. The van der Waals surface area contributed by atoms with Crippen LogP contribution in [-0.2, 0) is 18.9 Å². The van der Waals surface area contributed by atoms with E-state index in [4.69, 9.17) is 28.4 Å². The predicted molar refractivity (Wildman–Crippen MR) is 139 cm³/mol. The Bertz CT molecular complexity index is 1040. The molecule has 0 spiro atoms. The van der Waals surface area contributed by atoms with Gasteiger partial charge in [0.15, 0.2) is 0 Å². The molecule has 37 heavy (non-hydrogen) atoms. The van der Waals surface area contributed by atoms with Gasteiger partial charge in [0.25, 0.3) is 0 Å². The number of benzene rings is 2. The van der Waals surface area contributed by atoms with Crippen molar-refractivity contribution in [3.8, 4) is 11.5 Å². The van der Waals surface area contributed by atoms with Crippen LogP contribution in [0.3, 0.4) is 0 Å². The maximum Gasteiger partial charge on any atom is 0.202 e. The van der Waals surface area contributed by atoms with Crippen LogP contribution in [0.1, 0.15) is 36.8 Å². The van der Waals surface area contributed by atoms with Crippen LogP contribution < -0.4 is 9.47 Å². The Kier molecular flexibility index (Phi) is 8.79. The second-order valence-corrected chi connectivity index (χ2v) is 9.58. The highest BCUT2D eigenvalue weighted by Gasteiger charge is 2.27. The van der Waals surface area contributed by atoms with E-state index in [0.29, 0.717) is 13.2 Å². The molecular weight excluding hydrogens is 472 g/mol. The number of rotatable bonds is 14. The molecule has 2 aliphatic heterocycles. The third-order valence-electron chi connectivity index (χ3n) is 6.73. The van der Waals surface area contributed by atoms with Crippen LogP contribution in [0.25, 0.3) is 0 Å². The normalized spacial score (nSPS) is 23.9. The second kappa shape index (κ2) is 12.6. The molecule has 5 atom stereocenters. The molecule has 7 heteroatoms. The number of aliphatic hydroxyl groups excluding tert-OH is 1. The Morgan fingerprint density at radius 3 is 2.16 bits per heavy atom. The lowest BCUT2D eigenvalue weighted by molar-refractivity contribution is -0.192. The standard InChI is InChI=1S/C30H36O7/c1-2-32-17-24(31)18-34-25-9-3-21(4-10-25)30(22-5-11-26(12-6-22)35-19-28-20-36-28)23-7-13-27(14-8-23)37-29-15-16-33-29/h3-7,9-14,23-24,28-31H,2,8,15-20H2,1H3. The summed E-state index contributed by atoms with van der Waals surface area (Å²) in [6.07, 6.45) is 7.72. The Morgan fingerprint density at radius 1 is 0.946 bits per heavy atom. The van der Waals surface area contributed by atoms with Gasteiger partial charge in [0.2, 0.25) is 6.29 Å². The first-order valence-corrected chi connectivity index (χ1v) is 13.2. The monoisotopic (exact) mass is 508 g/mol. The Labute approximate surface area is 218 Å². The lowest BCUT2D eigenvalue weighted by atomic mass is 9.77. The minimum Gasteiger partial charge on any atom is -0.491 e. The molecule has 5 rings (SSSR count). The number of ether oxygens (including phenoxy) is 6. The van der Waals surface area contributed by atoms with E-state index < -0.39 is 6.10 Å². The van der Waals surface area contributed by atoms with E-state index in [9.17, 15) is 5.11 Å². The van der Waals surface area contributed by atoms with Crippen LogP contribution >= 0.6 is 0 Å². The highest BCUT2D eigenvalue weighted by atomic mass is 16.7. The smallest absolute Gasteiger partial charge is 0.202 e. The van der Waals surface area contributed by atoms with Gasteiger partial charge in [0.1, 0.15) is 42.7 Å². The summed E-state index contributed by atoms with van der Waals surface area (Å²) in [5.74, 6) is 2.86. The van der Waals surface area contributed by atoms with E-state index in [1.165, 1.54) is 11.1 Å². The van der Waals surface area contributed by atoms with Gasteiger partial charge >= 0.3 is 0 Å². The first kappa shape index (κ1) is 25.8. The minimum atomic E-state index is -0.652. The molecule has 0 bridgehead atoms. The van der Waals surface area contributed by atoms with Crippen molar-refractivity contribution in [2.24, 2.45) is 5.92 Å². The zero-order valence-corrected chi connectivity index (χ0v) is 21.3. The van der Waals surface area contributed by atoms with Crippen LogP contribution in [0.5, 0.6) is 11.5 Å². The van der Waals surface area contributed by atoms with E-state index in [-0.39, 0.29) is 37.4 Å². The molecule has 0 amide bonds. The third-order valence-corrected chi connectivity index (χ3v) is 6.73. The van der Waals surface area contributed by atoms with Gasteiger partial charge < -0.3 is 33.5 Å². The molecular formula is C30H36O7. The van der Waals surface area contributed by atoms with Gasteiger partial charge in [-0.2, -0.15) is 0 Å². The van der Waals surface area contributed by atoms with Gasteiger partial charge in [0.05, 0.1) is 19.8 Å². The number of aliphatic hydroxyl groups is 1. The third kappa shape index (κ3) is 7.36. The fraction of sp³-hybridized carbons (Fsp3) is 0.467. The van der Waals surface area contributed by atoms with Gasteiger partial charge in [-0.3, -0.25) is 0 Å². The van der Waals surface area contributed by atoms with Crippen molar-refractivity contribution in [2.45, 2.75) is 44.2 Å². The molecule has 3 aliphatic rings. The second-order valence-electron chi connectivity index (χ2n) is 9.58. The molecule has 2 fully saturated rings. The predicted octanol–water partition coefficient (Wildman–Crippen LogP) is 4.60. The van der Waals surface area contributed by atoms with Crippen molar-refractivity contribution >= 4 is 0 Å². The number of hydrogen-bond acceptors (Lipinski definition) is 7. The van der Waals surface area contributed by atoms with Gasteiger partial charge in [0, 0.05) is 18.9 Å². The van der Waals surface area contributed by atoms with E-state index in [1.807, 2.05) is 31.2 Å². The summed E-state index contributed by atoms with van der Waals surface area (Å²) in [5.41, 5.74) is 2.41. The van der Waals surface area contributed by atoms with Gasteiger partial charge in [-0.05, 0) is 66.8 Å². The molecule has 2 aromatic carbocycles. The first-order chi connectivity index (χ1) is 18.2. The molecule has 7 nitrogen and oxygen atoms in total. The largest absolute Gasteiger partial charge is 0.491 e. The lowest BCUT2D eigenvalue weighted by Crippen LogP contribution is -2.29. The molecule has 2 saturated heterocycles. The van der Waals surface area contributed by atoms with Crippen molar-refractivity contribution in [1.82, 2.24) is 0 Å². The minimum absolute atomic E-state index is 0.114. The molecule has 2 aromatic rings. The summed E-state index contributed by atoms with van der Waals surface area (Å²) in [7, 11) is 0. The maximum absolute atomic E-state index is 9.99. The summed E-state index contributed by atoms with van der Waals surface area (Å²) in [5, 5.41) is 9.99. The van der Waals surface area contributed by atoms with Crippen molar-refractivity contribution < 1.29 is 33.5 Å². The van der Waals surface area contributed by atoms with Crippen LogP contribution in [0.15, 0.2) is 72.5 Å². The summed E-state index contributed by atoms with van der Waals surface area (Å²) < 4.78 is 33.4. The quantitative estimate of drug-likeness (QED) is 0.374. The molecule has 0 aromatic heterocycles. The average Bonchev–Trinajstić information content (AvgIpc) is 3.74. The molecule has 1 N–H and O–H groups in total. The molecule has 1 aliphatic carbocycles. The number of hydrogen-bond donors (Lipinski definition) is 1. The summed E-state index contributed by atoms with van der Waals surface area (Å²) >= 11 is 0. The van der Waals surface area contributed by atoms with Crippen LogP contribution in [-0.4, -0.2) is 63.2 Å². The zero-order chi connectivity index (χ0) is 25.5.